The summed E-state index contributed by atoms with van der Waals surface area (Å²) >= 11 is 0. The van der Waals surface area contributed by atoms with Crippen LogP contribution in [0.1, 0.15) is 31.0 Å². The van der Waals surface area contributed by atoms with E-state index in [9.17, 15) is 0 Å². The second-order valence-corrected chi connectivity index (χ2v) is 3.65. The van der Waals surface area contributed by atoms with Gasteiger partial charge in [-0.15, -0.1) is 0 Å². The SMILES string of the molecule is CC.Cc1ccc(C2CN(C)C2)cn1. The molecule has 0 atom stereocenters. The van der Waals surface area contributed by atoms with Gasteiger partial charge < -0.3 is 4.90 Å². The van der Waals surface area contributed by atoms with Gasteiger partial charge in [-0.25, -0.2) is 0 Å². The van der Waals surface area contributed by atoms with Crippen molar-refractivity contribution in [2.75, 3.05) is 20.1 Å². The van der Waals surface area contributed by atoms with E-state index in [1.807, 2.05) is 27.0 Å². The first-order valence-corrected chi connectivity index (χ1v) is 5.37. The van der Waals surface area contributed by atoms with Crippen LogP contribution >= 0.6 is 0 Å². The molecule has 1 aromatic rings. The Bertz CT molecular complexity index is 260. The van der Waals surface area contributed by atoms with Crippen LogP contribution in [0.4, 0.5) is 0 Å². The third-order valence-electron chi connectivity index (χ3n) is 2.47. The van der Waals surface area contributed by atoms with Gasteiger partial charge >= 0.3 is 0 Å². The van der Waals surface area contributed by atoms with Crippen molar-refractivity contribution in [3.8, 4) is 0 Å². The lowest BCUT2D eigenvalue weighted by Crippen LogP contribution is -2.41. The van der Waals surface area contributed by atoms with Crippen molar-refractivity contribution < 1.29 is 0 Å². The Hall–Kier alpha value is -0.890. The van der Waals surface area contributed by atoms with Crippen LogP contribution in [0, 0.1) is 6.92 Å². The van der Waals surface area contributed by atoms with Crippen molar-refractivity contribution in [2.45, 2.75) is 26.7 Å². The molecule has 1 aromatic heterocycles. The number of aryl methyl sites for hydroxylation is 1. The van der Waals surface area contributed by atoms with E-state index in [2.05, 4.69) is 29.1 Å². The molecule has 14 heavy (non-hydrogen) atoms. The molecule has 0 radical (unpaired) electrons. The zero-order chi connectivity index (χ0) is 10.6. The molecular formula is C12H20N2. The smallest absolute Gasteiger partial charge is 0.0372 e. The van der Waals surface area contributed by atoms with Gasteiger partial charge in [-0.1, -0.05) is 19.9 Å². The van der Waals surface area contributed by atoms with Gasteiger partial charge in [0, 0.05) is 30.9 Å². The average molecular weight is 192 g/mol. The highest BCUT2D eigenvalue weighted by atomic mass is 15.2. The van der Waals surface area contributed by atoms with Gasteiger partial charge in [0.05, 0.1) is 0 Å². The normalized spacial score (nSPS) is 16.9. The first-order valence-electron chi connectivity index (χ1n) is 5.37. The fourth-order valence-corrected chi connectivity index (χ4v) is 1.63. The molecule has 0 spiro atoms. The summed E-state index contributed by atoms with van der Waals surface area (Å²) in [6.45, 7) is 8.40. The Kier molecular flexibility index (Phi) is 4.08. The lowest BCUT2D eigenvalue weighted by molar-refractivity contribution is 0.189. The lowest BCUT2D eigenvalue weighted by atomic mass is 9.93. The maximum Gasteiger partial charge on any atom is 0.0372 e. The topological polar surface area (TPSA) is 16.1 Å². The predicted molar refractivity (Wildman–Crippen MR) is 60.6 cm³/mol. The molecule has 2 nitrogen and oxygen atoms in total. The van der Waals surface area contributed by atoms with E-state index in [0.29, 0.717) is 0 Å². The van der Waals surface area contributed by atoms with Crippen LogP contribution in [0.5, 0.6) is 0 Å². The summed E-state index contributed by atoms with van der Waals surface area (Å²) in [4.78, 5) is 6.61. The van der Waals surface area contributed by atoms with Crippen molar-refractivity contribution in [1.82, 2.24) is 9.88 Å². The van der Waals surface area contributed by atoms with E-state index in [0.717, 1.165) is 11.6 Å². The van der Waals surface area contributed by atoms with Gasteiger partial charge in [-0.3, -0.25) is 4.98 Å². The van der Waals surface area contributed by atoms with E-state index in [1.165, 1.54) is 18.7 Å². The summed E-state index contributed by atoms with van der Waals surface area (Å²) in [5.74, 6) is 0.725. The second kappa shape index (κ2) is 5.11. The molecule has 1 saturated heterocycles. The Labute approximate surface area is 87.0 Å². The molecule has 2 heterocycles. The van der Waals surface area contributed by atoms with E-state index in [4.69, 9.17) is 0 Å². The second-order valence-electron chi connectivity index (χ2n) is 3.65. The van der Waals surface area contributed by atoms with Crippen molar-refractivity contribution in [3.63, 3.8) is 0 Å². The minimum absolute atomic E-state index is 0.725. The molecule has 0 N–H and O–H groups in total. The molecule has 1 aliphatic heterocycles. The fourth-order valence-electron chi connectivity index (χ4n) is 1.63. The van der Waals surface area contributed by atoms with E-state index >= 15 is 0 Å². The molecular weight excluding hydrogens is 172 g/mol. The molecule has 0 unspecified atom stereocenters. The van der Waals surface area contributed by atoms with E-state index in [1.54, 1.807) is 0 Å². The molecule has 0 amide bonds. The predicted octanol–water partition coefficient (Wildman–Crippen LogP) is 2.45. The summed E-state index contributed by atoms with van der Waals surface area (Å²) in [6, 6.07) is 4.29. The van der Waals surface area contributed by atoms with Crippen LogP contribution < -0.4 is 0 Å². The summed E-state index contributed by atoms with van der Waals surface area (Å²) in [6.07, 6.45) is 2.01. The molecule has 0 aliphatic carbocycles. The minimum Gasteiger partial charge on any atom is -0.305 e. The monoisotopic (exact) mass is 192 g/mol. The zero-order valence-corrected chi connectivity index (χ0v) is 9.62. The number of nitrogens with zero attached hydrogens (tertiary/aromatic N) is 2. The van der Waals surface area contributed by atoms with E-state index in [-0.39, 0.29) is 0 Å². The molecule has 0 saturated carbocycles. The summed E-state index contributed by atoms with van der Waals surface area (Å²) in [5, 5.41) is 0. The fraction of sp³-hybridized carbons (Fsp3) is 0.583. The molecule has 2 heteroatoms. The lowest BCUT2D eigenvalue weighted by Gasteiger charge is -2.36. The first kappa shape index (κ1) is 11.2. The summed E-state index contributed by atoms with van der Waals surface area (Å²) in [5.41, 5.74) is 2.49. The number of hydrogen-bond acceptors (Lipinski definition) is 2. The van der Waals surface area contributed by atoms with Crippen molar-refractivity contribution in [2.24, 2.45) is 0 Å². The van der Waals surface area contributed by atoms with Gasteiger partial charge in [-0.05, 0) is 25.6 Å². The standard InChI is InChI=1S/C10H14N2.C2H6/c1-8-3-4-9(5-11-8)10-6-12(2)7-10;1-2/h3-5,10H,6-7H2,1-2H3;1-2H3. The minimum atomic E-state index is 0.725. The highest BCUT2D eigenvalue weighted by molar-refractivity contribution is 5.20. The Morgan fingerprint density at radius 1 is 1.29 bits per heavy atom. The van der Waals surface area contributed by atoms with Gasteiger partial charge in [0.2, 0.25) is 0 Å². The number of aromatic nitrogens is 1. The number of hydrogen-bond donors (Lipinski definition) is 0. The highest BCUT2D eigenvalue weighted by Crippen LogP contribution is 2.24. The first-order chi connectivity index (χ1) is 6.75. The van der Waals surface area contributed by atoms with Gasteiger partial charge in [0.25, 0.3) is 0 Å². The molecule has 0 aromatic carbocycles. The molecule has 1 aliphatic rings. The zero-order valence-electron chi connectivity index (χ0n) is 9.62. The van der Waals surface area contributed by atoms with Crippen LogP contribution in [-0.2, 0) is 0 Å². The Morgan fingerprint density at radius 2 is 1.93 bits per heavy atom. The molecule has 1 fully saturated rings. The van der Waals surface area contributed by atoms with Crippen molar-refractivity contribution in [3.05, 3.63) is 29.6 Å². The number of likely N-dealkylation sites (N-methyl/N-ethyl adjacent to an activating group) is 1. The Balaban J connectivity index is 0.000000461. The van der Waals surface area contributed by atoms with Gasteiger partial charge in [0.1, 0.15) is 0 Å². The molecule has 78 valence electrons. The van der Waals surface area contributed by atoms with Crippen LogP contribution in [0.25, 0.3) is 0 Å². The van der Waals surface area contributed by atoms with E-state index < -0.39 is 0 Å². The number of likely N-dealkylation sites (tertiary alicyclic amines) is 1. The van der Waals surface area contributed by atoms with Crippen molar-refractivity contribution in [1.29, 1.82) is 0 Å². The van der Waals surface area contributed by atoms with Crippen LogP contribution in [0.2, 0.25) is 0 Å². The van der Waals surface area contributed by atoms with Crippen molar-refractivity contribution >= 4 is 0 Å². The Morgan fingerprint density at radius 3 is 2.36 bits per heavy atom. The van der Waals surface area contributed by atoms with Gasteiger partial charge in [-0.2, -0.15) is 0 Å². The third-order valence-corrected chi connectivity index (χ3v) is 2.47. The maximum atomic E-state index is 4.29. The van der Waals surface area contributed by atoms with Gasteiger partial charge in [0.15, 0.2) is 0 Å². The average Bonchev–Trinajstić information content (AvgIpc) is 2.18. The number of pyridine rings is 1. The summed E-state index contributed by atoms with van der Waals surface area (Å²) in [7, 11) is 2.15. The number of rotatable bonds is 1. The van der Waals surface area contributed by atoms with Crippen LogP contribution in [0.3, 0.4) is 0 Å². The quantitative estimate of drug-likeness (QED) is 0.679. The summed E-state index contributed by atoms with van der Waals surface area (Å²) < 4.78 is 0. The highest BCUT2D eigenvalue weighted by Gasteiger charge is 2.24. The third kappa shape index (κ3) is 2.55. The van der Waals surface area contributed by atoms with Crippen LogP contribution in [0.15, 0.2) is 18.3 Å². The molecule has 0 bridgehead atoms. The maximum absolute atomic E-state index is 4.29. The largest absolute Gasteiger partial charge is 0.305 e. The molecule has 2 rings (SSSR count). The van der Waals surface area contributed by atoms with Crippen LogP contribution in [-0.4, -0.2) is 30.0 Å².